The van der Waals surface area contributed by atoms with Crippen molar-refractivity contribution in [3.05, 3.63) is 96.2 Å². The molecule has 2 aromatic carbocycles. The zero-order valence-corrected chi connectivity index (χ0v) is 15.9. The summed E-state index contributed by atoms with van der Waals surface area (Å²) in [7, 11) is 1.30. The van der Waals surface area contributed by atoms with E-state index in [4.69, 9.17) is 0 Å². The number of halogens is 1. The van der Waals surface area contributed by atoms with Crippen molar-refractivity contribution in [2.45, 2.75) is 0 Å². The number of hydrogen-bond donors (Lipinski definition) is 1. The Morgan fingerprint density at radius 2 is 1.70 bits per heavy atom. The highest BCUT2D eigenvalue weighted by molar-refractivity contribution is 6.06. The molecule has 0 aliphatic carbocycles. The lowest BCUT2D eigenvalue weighted by Gasteiger charge is -2.12. The van der Waals surface area contributed by atoms with E-state index in [2.05, 4.69) is 15.2 Å². The third-order valence-corrected chi connectivity index (χ3v) is 4.48. The van der Waals surface area contributed by atoms with Gasteiger partial charge in [0.1, 0.15) is 17.1 Å². The lowest BCUT2D eigenvalue weighted by molar-refractivity contribution is 0.0600. The third kappa shape index (κ3) is 3.58. The van der Waals surface area contributed by atoms with Crippen molar-refractivity contribution in [3.63, 3.8) is 0 Å². The largest absolute Gasteiger partial charge is 0.465 e. The number of benzene rings is 2. The molecule has 0 aliphatic rings. The second kappa shape index (κ2) is 8.04. The van der Waals surface area contributed by atoms with Gasteiger partial charge in [-0.2, -0.15) is 5.10 Å². The summed E-state index contributed by atoms with van der Waals surface area (Å²) in [6.07, 6.45) is 4.88. The van der Waals surface area contributed by atoms with Crippen LogP contribution in [0.5, 0.6) is 0 Å². The number of carbonyl (C=O) groups is 2. The SMILES string of the molecule is COC(=O)c1ccc(NC(=O)c2cnn(-c3ccccc3F)c2-n2cccc2)cc1. The molecule has 0 radical (unpaired) electrons. The number of carbonyl (C=O) groups excluding carboxylic acids is 2. The molecule has 7 nitrogen and oxygen atoms in total. The van der Waals surface area contributed by atoms with Gasteiger partial charge >= 0.3 is 5.97 Å². The highest BCUT2D eigenvalue weighted by Crippen LogP contribution is 2.23. The molecule has 0 unspecified atom stereocenters. The number of methoxy groups -OCH3 is 1. The van der Waals surface area contributed by atoms with E-state index in [0.29, 0.717) is 17.1 Å². The van der Waals surface area contributed by atoms with Crippen molar-refractivity contribution >= 4 is 17.6 Å². The van der Waals surface area contributed by atoms with Gasteiger partial charge in [-0.3, -0.25) is 4.79 Å². The minimum absolute atomic E-state index is 0.225. The van der Waals surface area contributed by atoms with Crippen LogP contribution in [0, 0.1) is 5.82 Å². The number of hydrogen-bond acceptors (Lipinski definition) is 4. The highest BCUT2D eigenvalue weighted by atomic mass is 19.1. The van der Waals surface area contributed by atoms with Gasteiger partial charge in [0.25, 0.3) is 5.91 Å². The Kier molecular flexibility index (Phi) is 5.13. The summed E-state index contributed by atoms with van der Waals surface area (Å²) >= 11 is 0. The van der Waals surface area contributed by atoms with Crippen molar-refractivity contribution in [2.75, 3.05) is 12.4 Å². The Hall–Kier alpha value is -4.20. The maximum absolute atomic E-state index is 14.4. The zero-order valence-electron chi connectivity index (χ0n) is 15.9. The van der Waals surface area contributed by atoms with Crippen LogP contribution in [-0.2, 0) is 4.74 Å². The lowest BCUT2D eigenvalue weighted by atomic mass is 10.2. The van der Waals surface area contributed by atoms with Gasteiger partial charge in [0.05, 0.1) is 18.9 Å². The average molecular weight is 404 g/mol. The summed E-state index contributed by atoms with van der Waals surface area (Å²) in [5.41, 5.74) is 1.34. The Labute approximate surface area is 171 Å². The van der Waals surface area contributed by atoms with Crippen molar-refractivity contribution in [1.29, 1.82) is 0 Å². The number of rotatable bonds is 5. The smallest absolute Gasteiger partial charge is 0.337 e. The van der Waals surface area contributed by atoms with E-state index in [0.717, 1.165) is 0 Å². The molecule has 4 aromatic rings. The molecular formula is C22H17FN4O3. The molecule has 150 valence electrons. The Morgan fingerprint density at radius 3 is 2.37 bits per heavy atom. The molecule has 8 heteroatoms. The van der Waals surface area contributed by atoms with Crippen LogP contribution in [-0.4, -0.2) is 33.3 Å². The standard InChI is InChI=1S/C22H17FN4O3/c1-30-22(29)15-8-10-16(11-9-15)25-20(28)17-14-24-27(19-7-3-2-6-18(19)23)21(17)26-12-4-5-13-26/h2-14H,1H3,(H,25,28). The van der Waals surface area contributed by atoms with Crippen LogP contribution in [0.25, 0.3) is 11.5 Å². The van der Waals surface area contributed by atoms with Crippen molar-refractivity contribution in [2.24, 2.45) is 0 Å². The van der Waals surface area contributed by atoms with Gasteiger partial charge in [0, 0.05) is 18.1 Å². The van der Waals surface area contributed by atoms with E-state index in [9.17, 15) is 14.0 Å². The molecule has 0 aliphatic heterocycles. The molecule has 1 amide bonds. The van der Waals surface area contributed by atoms with Gasteiger partial charge in [0.15, 0.2) is 5.82 Å². The van der Waals surface area contributed by atoms with E-state index >= 15 is 0 Å². The molecule has 0 saturated heterocycles. The summed E-state index contributed by atoms with van der Waals surface area (Å²) in [5, 5.41) is 7.02. The molecule has 0 atom stereocenters. The number of anilines is 1. The minimum atomic E-state index is -0.464. The van der Waals surface area contributed by atoms with Gasteiger partial charge in [0.2, 0.25) is 0 Å². The van der Waals surface area contributed by atoms with E-state index in [1.54, 1.807) is 71.6 Å². The number of para-hydroxylation sites is 1. The topological polar surface area (TPSA) is 78.2 Å². The highest BCUT2D eigenvalue weighted by Gasteiger charge is 2.21. The van der Waals surface area contributed by atoms with Crippen molar-refractivity contribution in [3.8, 4) is 11.5 Å². The lowest BCUT2D eigenvalue weighted by Crippen LogP contribution is -2.15. The number of ether oxygens (including phenoxy) is 1. The molecular weight excluding hydrogens is 387 g/mol. The van der Waals surface area contributed by atoms with Crippen LogP contribution in [0.4, 0.5) is 10.1 Å². The Balaban J connectivity index is 1.70. The number of aromatic nitrogens is 3. The normalized spacial score (nSPS) is 10.6. The molecule has 1 N–H and O–H groups in total. The quantitative estimate of drug-likeness (QED) is 0.513. The van der Waals surface area contributed by atoms with E-state index < -0.39 is 17.7 Å². The number of nitrogens with zero attached hydrogens (tertiary/aromatic N) is 3. The zero-order chi connectivity index (χ0) is 21.1. The van der Waals surface area contributed by atoms with Gasteiger partial charge in [-0.25, -0.2) is 13.9 Å². The van der Waals surface area contributed by atoms with Crippen LogP contribution < -0.4 is 5.32 Å². The van der Waals surface area contributed by atoms with Crippen molar-refractivity contribution < 1.29 is 18.7 Å². The first-order valence-electron chi connectivity index (χ1n) is 9.04. The third-order valence-electron chi connectivity index (χ3n) is 4.48. The van der Waals surface area contributed by atoms with Crippen LogP contribution in [0.1, 0.15) is 20.7 Å². The number of esters is 1. The van der Waals surface area contributed by atoms with Crippen LogP contribution in [0.15, 0.2) is 79.3 Å². The summed E-state index contributed by atoms with van der Waals surface area (Å²) in [6, 6.07) is 16.1. The number of amides is 1. The fraction of sp³-hybridized carbons (Fsp3) is 0.0455. The first kappa shape index (κ1) is 19.1. The van der Waals surface area contributed by atoms with Crippen LogP contribution in [0.2, 0.25) is 0 Å². The molecule has 4 rings (SSSR count). The Morgan fingerprint density at radius 1 is 1.00 bits per heavy atom. The predicted octanol–water partition coefficient (Wildman–Crippen LogP) is 3.84. The minimum Gasteiger partial charge on any atom is -0.465 e. The molecule has 0 fully saturated rings. The van der Waals surface area contributed by atoms with Crippen LogP contribution >= 0.6 is 0 Å². The first-order valence-corrected chi connectivity index (χ1v) is 9.04. The maximum Gasteiger partial charge on any atom is 0.337 e. The summed E-state index contributed by atoms with van der Waals surface area (Å²) in [5.74, 6) is -0.950. The Bertz CT molecular complexity index is 1200. The van der Waals surface area contributed by atoms with Gasteiger partial charge < -0.3 is 14.6 Å². The fourth-order valence-electron chi connectivity index (χ4n) is 3.03. The van der Waals surface area contributed by atoms with E-state index in [1.807, 2.05) is 0 Å². The molecule has 2 heterocycles. The molecule has 0 spiro atoms. The second-order valence-electron chi connectivity index (χ2n) is 6.36. The fourth-order valence-corrected chi connectivity index (χ4v) is 3.03. The average Bonchev–Trinajstić information content (AvgIpc) is 3.43. The van der Waals surface area contributed by atoms with Gasteiger partial charge in [-0.15, -0.1) is 0 Å². The molecule has 0 bridgehead atoms. The van der Waals surface area contributed by atoms with Crippen molar-refractivity contribution in [1.82, 2.24) is 14.3 Å². The molecule has 30 heavy (non-hydrogen) atoms. The van der Waals surface area contributed by atoms with Gasteiger partial charge in [-0.05, 0) is 48.5 Å². The summed E-state index contributed by atoms with van der Waals surface area (Å²) < 4.78 is 22.1. The second-order valence-corrected chi connectivity index (χ2v) is 6.36. The van der Waals surface area contributed by atoms with Gasteiger partial charge in [-0.1, -0.05) is 12.1 Å². The summed E-state index contributed by atoms with van der Waals surface area (Å²) in [6.45, 7) is 0. The molecule has 0 saturated carbocycles. The van der Waals surface area contributed by atoms with E-state index in [1.165, 1.54) is 24.1 Å². The monoisotopic (exact) mass is 404 g/mol. The maximum atomic E-state index is 14.4. The predicted molar refractivity (Wildman–Crippen MR) is 109 cm³/mol. The summed E-state index contributed by atoms with van der Waals surface area (Å²) in [4.78, 5) is 24.5. The molecule has 2 aromatic heterocycles. The van der Waals surface area contributed by atoms with E-state index in [-0.39, 0.29) is 11.3 Å². The first-order chi connectivity index (χ1) is 14.6. The van der Waals surface area contributed by atoms with Crippen LogP contribution in [0.3, 0.4) is 0 Å². The number of nitrogens with one attached hydrogen (secondary N) is 1.